The predicted octanol–water partition coefficient (Wildman–Crippen LogP) is 3.80. The fraction of sp³-hybridized carbons (Fsp3) is 0.360. The highest BCUT2D eigenvalue weighted by atomic mass is 19.1. The Morgan fingerprint density at radius 3 is 2.68 bits per heavy atom. The van der Waals surface area contributed by atoms with Crippen LogP contribution in [0, 0.1) is 5.82 Å². The van der Waals surface area contributed by atoms with E-state index in [0.29, 0.717) is 12.8 Å². The van der Waals surface area contributed by atoms with Crippen molar-refractivity contribution in [2.75, 3.05) is 0 Å². The van der Waals surface area contributed by atoms with Gasteiger partial charge in [0, 0.05) is 23.0 Å². The summed E-state index contributed by atoms with van der Waals surface area (Å²) in [6.07, 6.45) is 5.32. The van der Waals surface area contributed by atoms with Crippen LogP contribution < -0.4 is 10.6 Å². The largest absolute Gasteiger partial charge is 0.349 e. The Balaban J connectivity index is 1.39. The number of nitrogens with one attached hydrogen (secondary N) is 2. The van der Waals surface area contributed by atoms with Gasteiger partial charge in [-0.3, -0.25) is 9.59 Å². The third kappa shape index (κ3) is 3.82. The summed E-state index contributed by atoms with van der Waals surface area (Å²) in [5.41, 5.74) is 4.55. The number of carbonyl (C=O) groups excluding carboxylic acids is 2. The average molecular weight is 420 g/mol. The van der Waals surface area contributed by atoms with Gasteiger partial charge in [0.1, 0.15) is 12.4 Å². The number of hydrogen-bond donors (Lipinski definition) is 2. The molecule has 2 heterocycles. The Morgan fingerprint density at radius 1 is 1.06 bits per heavy atom. The molecule has 1 aromatic heterocycles. The highest BCUT2D eigenvalue weighted by Gasteiger charge is 2.31. The Kier molecular flexibility index (Phi) is 5.22. The number of halogens is 1. The van der Waals surface area contributed by atoms with E-state index in [4.69, 9.17) is 0 Å². The van der Waals surface area contributed by atoms with Crippen molar-refractivity contribution < 1.29 is 14.0 Å². The van der Waals surface area contributed by atoms with Gasteiger partial charge in [-0.05, 0) is 61.4 Å². The van der Waals surface area contributed by atoms with Crippen LogP contribution >= 0.6 is 0 Å². The number of rotatable bonds is 4. The van der Waals surface area contributed by atoms with Crippen LogP contribution in [0.25, 0.3) is 10.9 Å². The highest BCUT2D eigenvalue weighted by Crippen LogP contribution is 2.32. The van der Waals surface area contributed by atoms with Gasteiger partial charge >= 0.3 is 0 Å². The molecule has 0 saturated carbocycles. The van der Waals surface area contributed by atoms with Crippen molar-refractivity contribution in [3.05, 3.63) is 71.2 Å². The first-order valence-corrected chi connectivity index (χ1v) is 11.0. The summed E-state index contributed by atoms with van der Waals surface area (Å²) in [4.78, 5) is 25.1. The van der Waals surface area contributed by atoms with E-state index >= 15 is 0 Å². The molecular formula is C25H26FN3O2. The summed E-state index contributed by atoms with van der Waals surface area (Å²) in [5.74, 6) is -0.441. The molecule has 0 spiro atoms. The Morgan fingerprint density at radius 2 is 1.84 bits per heavy atom. The lowest BCUT2D eigenvalue weighted by Gasteiger charge is -2.33. The van der Waals surface area contributed by atoms with Crippen LogP contribution in [0.4, 0.5) is 4.39 Å². The quantitative estimate of drug-likeness (QED) is 0.676. The summed E-state index contributed by atoms with van der Waals surface area (Å²) in [6.45, 7) is 0.260. The minimum absolute atomic E-state index is 0.0507. The Hall–Kier alpha value is -3.15. The van der Waals surface area contributed by atoms with Crippen molar-refractivity contribution >= 4 is 22.7 Å². The maximum Gasteiger partial charge on any atom is 0.240 e. The first kappa shape index (κ1) is 19.8. The van der Waals surface area contributed by atoms with Crippen LogP contribution in [0.3, 0.4) is 0 Å². The molecule has 1 fully saturated rings. The zero-order valence-electron chi connectivity index (χ0n) is 17.4. The third-order valence-corrected chi connectivity index (χ3v) is 6.56. The van der Waals surface area contributed by atoms with E-state index in [1.165, 1.54) is 35.2 Å². The number of aryl methyl sites for hydroxylation is 1. The molecule has 2 unspecified atom stereocenters. The molecule has 5 nitrogen and oxygen atoms in total. The number of benzene rings is 2. The number of carbonyl (C=O) groups is 2. The normalized spacial score (nSPS) is 20.9. The lowest BCUT2D eigenvalue weighted by atomic mass is 9.92. The van der Waals surface area contributed by atoms with Gasteiger partial charge in [0.25, 0.3) is 0 Å². The molecular weight excluding hydrogens is 393 g/mol. The molecule has 2 N–H and O–H groups in total. The molecule has 0 bridgehead atoms. The molecule has 0 radical (unpaired) electrons. The zero-order valence-corrected chi connectivity index (χ0v) is 17.4. The highest BCUT2D eigenvalue weighted by molar-refractivity contribution is 5.88. The van der Waals surface area contributed by atoms with Gasteiger partial charge in [0.2, 0.25) is 11.8 Å². The fourth-order valence-electron chi connectivity index (χ4n) is 5.10. The lowest BCUT2D eigenvalue weighted by molar-refractivity contribution is -0.127. The first-order chi connectivity index (χ1) is 15.1. The first-order valence-electron chi connectivity index (χ1n) is 11.0. The van der Waals surface area contributed by atoms with Crippen LogP contribution in [0.5, 0.6) is 0 Å². The molecule has 31 heavy (non-hydrogen) atoms. The summed E-state index contributed by atoms with van der Waals surface area (Å²) in [5, 5.41) is 7.36. The van der Waals surface area contributed by atoms with Crippen molar-refractivity contribution in [3.8, 4) is 0 Å². The standard InChI is InChI=1S/C25H26FN3O2/c26-17-11-9-16(10-12-17)25-20(13-14-23(30)28-25)27-24(31)15-29-21-7-3-1-5-18(21)19-6-2-4-8-22(19)29/h1,3,5,7,9-12,20,25H,2,4,6,8,13-15H2,(H,27,31)(H,28,30). The lowest BCUT2D eigenvalue weighted by Crippen LogP contribution is -2.50. The monoisotopic (exact) mass is 419 g/mol. The molecule has 160 valence electrons. The number of nitrogens with zero attached hydrogens (tertiary/aromatic N) is 1. The van der Waals surface area contributed by atoms with E-state index in [9.17, 15) is 14.0 Å². The molecule has 2 amide bonds. The molecule has 3 aromatic rings. The summed E-state index contributed by atoms with van der Waals surface area (Å²) in [7, 11) is 0. The van der Waals surface area contributed by atoms with Crippen LogP contribution in [-0.2, 0) is 29.0 Å². The molecule has 6 heteroatoms. The number of para-hydroxylation sites is 1. The van der Waals surface area contributed by atoms with Gasteiger partial charge in [-0.25, -0.2) is 4.39 Å². The molecule has 2 aliphatic rings. The number of aromatic nitrogens is 1. The SMILES string of the molecule is O=C(Cn1c2c(c3ccccc31)CCCC2)NC1CCC(=O)NC1c1ccc(F)cc1. The topological polar surface area (TPSA) is 63.1 Å². The smallest absolute Gasteiger partial charge is 0.240 e. The summed E-state index contributed by atoms with van der Waals surface area (Å²) >= 11 is 0. The van der Waals surface area contributed by atoms with Crippen molar-refractivity contribution in [3.63, 3.8) is 0 Å². The van der Waals surface area contributed by atoms with Gasteiger partial charge in [-0.15, -0.1) is 0 Å². The summed E-state index contributed by atoms with van der Waals surface area (Å²) in [6, 6.07) is 13.8. The molecule has 1 aliphatic heterocycles. The molecule has 5 rings (SSSR count). The van der Waals surface area contributed by atoms with E-state index in [2.05, 4.69) is 33.4 Å². The summed E-state index contributed by atoms with van der Waals surface area (Å²) < 4.78 is 15.5. The molecule has 2 aromatic carbocycles. The maximum atomic E-state index is 13.4. The minimum Gasteiger partial charge on any atom is -0.349 e. The van der Waals surface area contributed by atoms with Gasteiger partial charge in [-0.1, -0.05) is 30.3 Å². The van der Waals surface area contributed by atoms with Crippen molar-refractivity contribution in [2.45, 2.75) is 57.2 Å². The van der Waals surface area contributed by atoms with Crippen LogP contribution in [0.15, 0.2) is 48.5 Å². The molecule has 1 saturated heterocycles. The van der Waals surface area contributed by atoms with Gasteiger partial charge in [-0.2, -0.15) is 0 Å². The Bertz CT molecular complexity index is 1140. The second-order valence-corrected chi connectivity index (χ2v) is 8.55. The average Bonchev–Trinajstić information content (AvgIpc) is 3.09. The van der Waals surface area contributed by atoms with Gasteiger partial charge in [0.15, 0.2) is 0 Å². The Labute approximate surface area is 180 Å². The maximum absolute atomic E-state index is 13.4. The van der Waals surface area contributed by atoms with Gasteiger partial charge < -0.3 is 15.2 Å². The zero-order chi connectivity index (χ0) is 21.4. The van der Waals surface area contributed by atoms with Crippen LogP contribution in [-0.4, -0.2) is 22.4 Å². The minimum atomic E-state index is -0.360. The molecule has 2 atom stereocenters. The van der Waals surface area contributed by atoms with Crippen molar-refractivity contribution in [2.24, 2.45) is 0 Å². The van der Waals surface area contributed by atoms with Gasteiger partial charge in [0.05, 0.1) is 12.1 Å². The predicted molar refractivity (Wildman–Crippen MR) is 117 cm³/mol. The molecule has 1 aliphatic carbocycles. The fourth-order valence-corrected chi connectivity index (χ4v) is 5.10. The van der Waals surface area contributed by atoms with E-state index < -0.39 is 0 Å². The second-order valence-electron chi connectivity index (χ2n) is 8.55. The third-order valence-electron chi connectivity index (χ3n) is 6.56. The van der Waals surface area contributed by atoms with E-state index in [1.54, 1.807) is 12.1 Å². The number of amides is 2. The number of fused-ring (bicyclic) bond motifs is 3. The van der Waals surface area contributed by atoms with E-state index in [0.717, 1.165) is 30.3 Å². The van der Waals surface area contributed by atoms with E-state index in [-0.39, 0.29) is 36.3 Å². The van der Waals surface area contributed by atoms with Crippen molar-refractivity contribution in [1.82, 2.24) is 15.2 Å². The van der Waals surface area contributed by atoms with Crippen LogP contribution in [0.1, 0.15) is 48.5 Å². The second kappa shape index (κ2) is 8.17. The number of piperidine rings is 1. The number of hydrogen-bond acceptors (Lipinski definition) is 2. The van der Waals surface area contributed by atoms with E-state index in [1.807, 2.05) is 6.07 Å². The van der Waals surface area contributed by atoms with Crippen LogP contribution in [0.2, 0.25) is 0 Å². The van der Waals surface area contributed by atoms with Crippen molar-refractivity contribution in [1.29, 1.82) is 0 Å².